The van der Waals surface area contributed by atoms with Crippen molar-refractivity contribution in [3.8, 4) is 0 Å². The van der Waals surface area contributed by atoms with Gasteiger partial charge in [-0.05, 0) is 46.8 Å². The summed E-state index contributed by atoms with van der Waals surface area (Å²) in [5, 5.41) is 11.2. The van der Waals surface area contributed by atoms with Crippen LogP contribution in [0.25, 0.3) is 10.4 Å². The summed E-state index contributed by atoms with van der Waals surface area (Å²) in [5.41, 5.74) is 12.4. The van der Waals surface area contributed by atoms with Crippen LogP contribution in [0.1, 0.15) is 39.7 Å². The number of esters is 1. The zero-order valence-electron chi connectivity index (χ0n) is 23.6. The maximum Gasteiger partial charge on any atom is 0.360 e. The predicted molar refractivity (Wildman–Crippen MR) is 160 cm³/mol. The Morgan fingerprint density at radius 3 is 1.79 bits per heavy atom. The summed E-state index contributed by atoms with van der Waals surface area (Å²) in [6, 6.07) is 25.7. The molecule has 0 N–H and O–H groups in total. The van der Waals surface area contributed by atoms with Crippen molar-refractivity contribution in [3.63, 3.8) is 0 Å². The van der Waals surface area contributed by atoms with Crippen molar-refractivity contribution >= 4 is 5.97 Å². The van der Waals surface area contributed by atoms with Crippen molar-refractivity contribution in [1.82, 2.24) is 24.1 Å². The molecule has 0 radical (unpaired) electrons. The highest BCUT2D eigenvalue weighted by molar-refractivity contribution is 5.86. The van der Waals surface area contributed by atoms with Crippen molar-refractivity contribution in [2.45, 2.75) is 33.1 Å². The van der Waals surface area contributed by atoms with Crippen LogP contribution < -0.4 is 11.1 Å². The van der Waals surface area contributed by atoms with Gasteiger partial charge in [0.25, 0.3) is 11.1 Å². The highest BCUT2D eigenvalue weighted by Crippen LogP contribution is 2.09. The van der Waals surface area contributed by atoms with Crippen LogP contribution >= 0.6 is 0 Å². The molecule has 0 saturated heterocycles. The molecule has 12 heteroatoms. The Hall–Kier alpha value is -5.74. The van der Waals surface area contributed by atoms with Crippen LogP contribution in [0.3, 0.4) is 0 Å². The van der Waals surface area contributed by atoms with Crippen LogP contribution in [0.2, 0.25) is 0 Å². The minimum atomic E-state index is -0.475. The van der Waals surface area contributed by atoms with Gasteiger partial charge in [-0.1, -0.05) is 71.0 Å². The van der Waals surface area contributed by atoms with Gasteiger partial charge in [-0.3, -0.25) is 9.59 Å². The summed E-state index contributed by atoms with van der Waals surface area (Å²) in [6.45, 7) is 3.96. The van der Waals surface area contributed by atoms with Crippen LogP contribution in [0.15, 0.2) is 118 Å². The van der Waals surface area contributed by atoms with Crippen LogP contribution in [0.5, 0.6) is 0 Å². The van der Waals surface area contributed by atoms with E-state index in [1.165, 1.54) is 6.07 Å². The molecule has 2 aromatic carbocycles. The van der Waals surface area contributed by atoms with Gasteiger partial charge in [0.05, 0.1) is 39.0 Å². The van der Waals surface area contributed by atoms with Crippen molar-refractivity contribution in [1.29, 1.82) is 0 Å². The molecular formula is C31H30N8O4. The molecule has 12 nitrogen and oxygen atoms in total. The van der Waals surface area contributed by atoms with E-state index < -0.39 is 5.97 Å². The molecule has 0 aliphatic rings. The Bertz CT molecular complexity index is 1800. The van der Waals surface area contributed by atoms with Gasteiger partial charge >= 0.3 is 5.97 Å². The Morgan fingerprint density at radius 1 is 0.791 bits per heavy atom. The minimum Gasteiger partial charge on any atom is -0.461 e. The lowest BCUT2D eigenvalue weighted by Crippen LogP contribution is -2.18. The van der Waals surface area contributed by atoms with Gasteiger partial charge in [0.2, 0.25) is 0 Å². The van der Waals surface area contributed by atoms with Crippen molar-refractivity contribution in [2.75, 3.05) is 6.61 Å². The number of hydrogen-bond donors (Lipinski definition) is 0. The van der Waals surface area contributed by atoms with Crippen LogP contribution in [0, 0.1) is 0 Å². The maximum atomic E-state index is 11.7. The van der Waals surface area contributed by atoms with Crippen LogP contribution in [0.4, 0.5) is 0 Å². The number of hydrogen-bond acceptors (Lipinski definition) is 7. The minimum absolute atomic E-state index is 0.0179. The number of aromatic nitrogens is 5. The van der Waals surface area contributed by atoms with E-state index in [-0.39, 0.29) is 16.8 Å². The number of ether oxygens (including phenoxy) is 1. The third-order valence-corrected chi connectivity index (χ3v) is 6.23. The summed E-state index contributed by atoms with van der Waals surface area (Å²) in [4.78, 5) is 37.6. The molecule has 3 heterocycles. The quantitative estimate of drug-likeness (QED) is 0.104. The average molecular weight is 579 g/mol. The Morgan fingerprint density at radius 2 is 1.30 bits per heavy atom. The fraction of sp³-hybridized carbons (Fsp3) is 0.194. The molecule has 3 aromatic heterocycles. The predicted octanol–water partition coefficient (Wildman–Crippen LogP) is 4.42. The van der Waals surface area contributed by atoms with E-state index in [0.29, 0.717) is 32.8 Å². The summed E-state index contributed by atoms with van der Waals surface area (Å²) >= 11 is 0. The zero-order valence-corrected chi connectivity index (χ0v) is 23.6. The fourth-order valence-electron chi connectivity index (χ4n) is 4.05. The summed E-state index contributed by atoms with van der Waals surface area (Å²) in [7, 11) is 0. The molecule has 0 atom stereocenters. The van der Waals surface area contributed by atoms with Crippen molar-refractivity contribution in [2.24, 2.45) is 5.11 Å². The second-order valence-electron chi connectivity index (χ2n) is 9.38. The van der Waals surface area contributed by atoms with Gasteiger partial charge in [0, 0.05) is 29.4 Å². The van der Waals surface area contributed by atoms with E-state index >= 15 is 0 Å². The molecule has 218 valence electrons. The van der Waals surface area contributed by atoms with E-state index in [9.17, 15) is 14.4 Å². The molecule has 5 rings (SSSR count). The van der Waals surface area contributed by atoms with E-state index in [1.54, 1.807) is 57.5 Å². The first kappa shape index (κ1) is 30.2. The molecule has 0 aliphatic carbocycles. The normalized spacial score (nSPS) is 10.3. The first-order chi connectivity index (χ1) is 20.9. The molecule has 0 saturated carbocycles. The lowest BCUT2D eigenvalue weighted by atomic mass is 10.1. The van der Waals surface area contributed by atoms with Crippen LogP contribution in [-0.2, 0) is 30.9 Å². The largest absolute Gasteiger partial charge is 0.461 e. The Balaban J connectivity index is 0.000000208. The third kappa shape index (κ3) is 9.13. The van der Waals surface area contributed by atoms with Gasteiger partial charge < -0.3 is 13.9 Å². The molecule has 0 bridgehead atoms. The lowest BCUT2D eigenvalue weighted by Gasteiger charge is -2.06. The molecule has 0 spiro atoms. The Kier molecular flexibility index (Phi) is 10.8. The van der Waals surface area contributed by atoms with Gasteiger partial charge in [0.1, 0.15) is 0 Å². The second-order valence-corrected chi connectivity index (χ2v) is 9.38. The average Bonchev–Trinajstić information content (AvgIpc) is 3.49. The number of carbonyl (C=O) groups excluding carboxylic acids is 1. The number of nitrogens with zero attached hydrogens (tertiary/aromatic N) is 8. The van der Waals surface area contributed by atoms with Gasteiger partial charge in [-0.15, -0.1) is 5.10 Å². The highest BCUT2D eigenvalue weighted by atomic mass is 16.5. The lowest BCUT2D eigenvalue weighted by molar-refractivity contribution is 0.0519. The maximum absolute atomic E-state index is 11.7. The van der Waals surface area contributed by atoms with Gasteiger partial charge in [-0.2, -0.15) is 0 Å². The monoisotopic (exact) mass is 578 g/mol. The molecule has 0 fully saturated rings. The molecule has 0 aliphatic heterocycles. The highest BCUT2D eigenvalue weighted by Gasteiger charge is 2.11. The molecule has 0 amide bonds. The van der Waals surface area contributed by atoms with E-state index in [0.717, 1.165) is 22.3 Å². The number of benzene rings is 2. The van der Waals surface area contributed by atoms with Crippen molar-refractivity contribution in [3.05, 3.63) is 163 Å². The second kappa shape index (κ2) is 15.3. The molecular weight excluding hydrogens is 548 g/mol. The number of carbonyl (C=O) groups is 1. The first-order valence-corrected chi connectivity index (χ1v) is 13.5. The third-order valence-electron chi connectivity index (χ3n) is 6.23. The number of azide groups is 1. The van der Waals surface area contributed by atoms with Gasteiger partial charge in [-0.25, -0.2) is 9.48 Å². The number of pyridine rings is 2. The molecule has 43 heavy (non-hydrogen) atoms. The molecule has 0 unspecified atom stereocenters. The van der Waals surface area contributed by atoms with Gasteiger partial charge in [0.15, 0.2) is 5.69 Å². The SMILES string of the molecule is CCOC(=O)c1cn(Cc2ccc(Cn3ccccc3=O)cc2)nn1.[N-]=[N+]=NCc1ccc(Cn2ccccc2=O)cc1. The first-order valence-electron chi connectivity index (χ1n) is 13.5. The van der Waals surface area contributed by atoms with E-state index in [2.05, 4.69) is 20.3 Å². The summed E-state index contributed by atoms with van der Waals surface area (Å²) < 4.78 is 9.77. The summed E-state index contributed by atoms with van der Waals surface area (Å²) in [5.74, 6) is -0.475. The van der Waals surface area contributed by atoms with Crippen LogP contribution in [-0.4, -0.2) is 36.7 Å². The topological polar surface area (TPSA) is 150 Å². The smallest absolute Gasteiger partial charge is 0.360 e. The number of rotatable bonds is 10. The Labute approximate surface area is 247 Å². The zero-order chi connectivity index (χ0) is 30.4. The van der Waals surface area contributed by atoms with E-state index in [1.807, 2.05) is 60.7 Å². The van der Waals surface area contributed by atoms with Crippen molar-refractivity contribution < 1.29 is 9.53 Å². The summed E-state index contributed by atoms with van der Waals surface area (Å²) in [6.07, 6.45) is 5.09. The fourth-order valence-corrected chi connectivity index (χ4v) is 4.05. The molecule has 5 aromatic rings. The van der Waals surface area contributed by atoms with E-state index in [4.69, 9.17) is 10.3 Å². The standard InChI is InChI=1S/C18H18N4O3.C13H12N4O/c1-2-25-18(24)16-13-22(20-19-16)12-15-8-6-14(7-9-15)11-21-10-4-3-5-17(21)23;14-16-15-9-11-4-6-12(7-5-11)10-17-8-2-1-3-13(17)18/h3-10,13H,2,11-12H2,1H3;1-8H,9-10H2.